The van der Waals surface area contributed by atoms with E-state index in [1.54, 1.807) is 22.3 Å². The molecule has 21 heavy (non-hydrogen) atoms. The molecule has 0 saturated carbocycles. The van der Waals surface area contributed by atoms with E-state index in [9.17, 15) is 0 Å². The third-order valence-corrected chi connectivity index (χ3v) is 4.05. The summed E-state index contributed by atoms with van der Waals surface area (Å²) in [5.74, 6) is 2.03. The highest BCUT2D eigenvalue weighted by molar-refractivity contribution is 5.43. The summed E-state index contributed by atoms with van der Waals surface area (Å²) in [6, 6.07) is 5.04. The molecule has 1 aromatic carbocycles. The smallest absolute Gasteiger partial charge is 0.0129 e. The molecule has 1 rings (SSSR count). The number of benzene rings is 1. The largest absolute Gasteiger partial charge is 0.0625 e. The molecule has 0 heteroatoms. The molecule has 0 aliphatic rings. The second-order valence-corrected chi connectivity index (χ2v) is 8.81. The lowest BCUT2D eigenvalue weighted by molar-refractivity contribution is 0.561. The van der Waals surface area contributed by atoms with E-state index in [1.165, 1.54) is 12.8 Å². The first-order valence-electron chi connectivity index (χ1n) is 8.68. The van der Waals surface area contributed by atoms with Gasteiger partial charge in [0.05, 0.1) is 0 Å². The van der Waals surface area contributed by atoms with Gasteiger partial charge in [-0.3, -0.25) is 0 Å². The van der Waals surface area contributed by atoms with Gasteiger partial charge in [0.1, 0.15) is 0 Å². The van der Waals surface area contributed by atoms with Gasteiger partial charge in [-0.15, -0.1) is 0 Å². The van der Waals surface area contributed by atoms with Crippen LogP contribution in [0, 0.1) is 11.8 Å². The van der Waals surface area contributed by atoms with Crippen LogP contribution >= 0.6 is 0 Å². The van der Waals surface area contributed by atoms with Crippen molar-refractivity contribution in [3.05, 3.63) is 34.4 Å². The second-order valence-electron chi connectivity index (χ2n) is 8.81. The molecule has 0 aliphatic carbocycles. The summed E-state index contributed by atoms with van der Waals surface area (Å²) in [6.45, 7) is 21.0. The molecule has 0 aliphatic heterocycles. The summed E-state index contributed by atoms with van der Waals surface area (Å²) in [5, 5.41) is 0. The Labute approximate surface area is 133 Å². The van der Waals surface area contributed by atoms with Gasteiger partial charge in [-0.1, -0.05) is 74.4 Å². The zero-order valence-corrected chi connectivity index (χ0v) is 15.8. The van der Waals surface area contributed by atoms with Crippen LogP contribution in [-0.2, 0) is 18.3 Å². The van der Waals surface area contributed by atoms with Crippen LogP contribution in [0.5, 0.6) is 0 Å². The van der Waals surface area contributed by atoms with E-state index < -0.39 is 0 Å². The lowest BCUT2D eigenvalue weighted by atomic mass is 9.77. The van der Waals surface area contributed by atoms with Crippen molar-refractivity contribution in [2.45, 2.75) is 86.5 Å². The van der Waals surface area contributed by atoms with Gasteiger partial charge in [0.25, 0.3) is 0 Å². The highest BCUT2D eigenvalue weighted by Gasteiger charge is 2.22. The van der Waals surface area contributed by atoms with E-state index >= 15 is 0 Å². The minimum absolute atomic E-state index is 0.228. The third-order valence-electron chi connectivity index (χ3n) is 4.05. The minimum Gasteiger partial charge on any atom is -0.0625 e. The first-order valence-corrected chi connectivity index (χ1v) is 8.68. The average molecular weight is 289 g/mol. The van der Waals surface area contributed by atoms with Crippen molar-refractivity contribution in [1.29, 1.82) is 0 Å². The number of rotatable bonds is 5. The van der Waals surface area contributed by atoms with Gasteiger partial charge in [-0.25, -0.2) is 0 Å². The van der Waals surface area contributed by atoms with Crippen LogP contribution in [0.25, 0.3) is 0 Å². The quantitative estimate of drug-likeness (QED) is 0.579. The van der Waals surface area contributed by atoms with E-state index in [1.807, 2.05) is 0 Å². The van der Waals surface area contributed by atoms with Gasteiger partial charge in [-0.2, -0.15) is 0 Å². The van der Waals surface area contributed by atoms with Crippen molar-refractivity contribution < 1.29 is 0 Å². The summed E-state index contributed by atoms with van der Waals surface area (Å²) in [6.07, 6.45) is 2.38. The van der Waals surface area contributed by atoms with E-state index in [4.69, 9.17) is 0 Å². The van der Waals surface area contributed by atoms with Gasteiger partial charge in [-0.05, 0) is 58.3 Å². The second kappa shape index (κ2) is 6.99. The van der Waals surface area contributed by atoms with Crippen molar-refractivity contribution in [3.63, 3.8) is 0 Å². The van der Waals surface area contributed by atoms with Crippen LogP contribution in [0.15, 0.2) is 12.1 Å². The summed E-state index contributed by atoms with van der Waals surface area (Å²) in [7, 11) is 0. The van der Waals surface area contributed by atoms with Crippen LogP contribution in [0.4, 0.5) is 0 Å². The Morgan fingerprint density at radius 1 is 0.762 bits per heavy atom. The lowest BCUT2D eigenvalue weighted by Crippen LogP contribution is -2.17. The first kappa shape index (κ1) is 18.3. The minimum atomic E-state index is 0.228. The van der Waals surface area contributed by atoms with E-state index in [-0.39, 0.29) is 5.41 Å². The first-order chi connectivity index (χ1) is 9.52. The molecule has 0 aromatic heterocycles. The van der Waals surface area contributed by atoms with Crippen molar-refractivity contribution in [2.24, 2.45) is 11.8 Å². The van der Waals surface area contributed by atoms with Crippen LogP contribution in [0.2, 0.25) is 0 Å². The van der Waals surface area contributed by atoms with Gasteiger partial charge in [0.2, 0.25) is 0 Å². The topological polar surface area (TPSA) is 0 Å². The number of hydrogen-bond donors (Lipinski definition) is 0. The zero-order chi connectivity index (χ0) is 16.4. The molecule has 0 unspecified atom stereocenters. The predicted molar refractivity (Wildman–Crippen MR) is 96.3 cm³/mol. The highest BCUT2D eigenvalue weighted by Crippen LogP contribution is 2.33. The maximum atomic E-state index is 2.52. The lowest BCUT2D eigenvalue weighted by Gasteiger charge is -2.28. The molecule has 0 bridgehead atoms. The molecule has 0 radical (unpaired) electrons. The van der Waals surface area contributed by atoms with Crippen molar-refractivity contribution in [1.82, 2.24) is 0 Å². The SMILES string of the molecule is CC(C)Cc1cc(C(C)(C)C)c(CC(C)C)cc1C(C)C. The normalized spacial score (nSPS) is 12.8. The van der Waals surface area contributed by atoms with E-state index in [0.29, 0.717) is 17.8 Å². The molecule has 0 nitrogen and oxygen atoms in total. The molecular weight excluding hydrogens is 252 g/mol. The van der Waals surface area contributed by atoms with Crippen LogP contribution in [-0.4, -0.2) is 0 Å². The Kier molecular flexibility index (Phi) is 6.08. The summed E-state index contributed by atoms with van der Waals surface area (Å²) >= 11 is 0. The van der Waals surface area contributed by atoms with Crippen LogP contribution < -0.4 is 0 Å². The van der Waals surface area contributed by atoms with E-state index in [2.05, 4.69) is 74.4 Å². The van der Waals surface area contributed by atoms with Gasteiger partial charge < -0.3 is 0 Å². The maximum Gasteiger partial charge on any atom is -0.0129 e. The fourth-order valence-electron chi connectivity index (χ4n) is 3.17. The van der Waals surface area contributed by atoms with Crippen LogP contribution in [0.1, 0.15) is 90.5 Å². The molecule has 1 aromatic rings. The molecule has 0 fully saturated rings. The maximum absolute atomic E-state index is 2.52. The fourth-order valence-corrected chi connectivity index (χ4v) is 3.17. The Morgan fingerprint density at radius 2 is 1.24 bits per heavy atom. The number of hydrogen-bond acceptors (Lipinski definition) is 0. The molecule has 0 spiro atoms. The van der Waals surface area contributed by atoms with Crippen molar-refractivity contribution in [2.75, 3.05) is 0 Å². The van der Waals surface area contributed by atoms with Gasteiger partial charge >= 0.3 is 0 Å². The highest BCUT2D eigenvalue weighted by atomic mass is 14.3. The Hall–Kier alpha value is -0.780. The molecule has 0 atom stereocenters. The summed E-state index contributed by atoms with van der Waals surface area (Å²) in [5.41, 5.74) is 6.47. The van der Waals surface area contributed by atoms with Crippen molar-refractivity contribution in [3.8, 4) is 0 Å². The monoisotopic (exact) mass is 288 g/mol. The third kappa shape index (κ3) is 5.16. The zero-order valence-electron chi connectivity index (χ0n) is 15.8. The Bertz CT molecular complexity index is 456. The predicted octanol–water partition coefficient (Wildman–Crippen LogP) is 6.50. The molecule has 0 N–H and O–H groups in total. The molecule has 0 amide bonds. The average Bonchev–Trinajstić information content (AvgIpc) is 2.27. The Balaban J connectivity index is 3.46. The Morgan fingerprint density at radius 3 is 1.62 bits per heavy atom. The molecule has 120 valence electrons. The summed E-state index contributed by atoms with van der Waals surface area (Å²) < 4.78 is 0. The van der Waals surface area contributed by atoms with Gasteiger partial charge in [0, 0.05) is 0 Å². The molecule has 0 saturated heterocycles. The fraction of sp³-hybridized carbons (Fsp3) is 0.714. The summed E-state index contributed by atoms with van der Waals surface area (Å²) in [4.78, 5) is 0. The standard InChI is InChI=1S/C21H36/c1-14(2)10-17-13-20(21(7,8)9)18(11-15(3)4)12-19(17)16(5)6/h12-16H,10-11H2,1-9H3. The van der Waals surface area contributed by atoms with Gasteiger partial charge in [0.15, 0.2) is 0 Å². The molecular formula is C21H36. The van der Waals surface area contributed by atoms with Crippen LogP contribution in [0.3, 0.4) is 0 Å². The van der Waals surface area contributed by atoms with Crippen molar-refractivity contribution >= 4 is 0 Å². The molecule has 0 heterocycles. The van der Waals surface area contributed by atoms with E-state index in [0.717, 1.165) is 0 Å².